The number of hydrogen-bond donors (Lipinski definition) is 0. The second-order valence-electron chi connectivity index (χ2n) is 14.9. The second kappa shape index (κ2) is 12.7. The van der Waals surface area contributed by atoms with E-state index in [9.17, 15) is 19.2 Å². The molecule has 10 heteroatoms. The largest absolute Gasteiger partial charge is 0.443 e. The van der Waals surface area contributed by atoms with Crippen LogP contribution in [-0.4, -0.2) is 51.6 Å². The molecule has 0 radical (unpaired) electrons. The number of likely N-dealkylation sites (tertiary alicyclic amines) is 1. The van der Waals surface area contributed by atoms with Crippen LogP contribution in [0.5, 0.6) is 0 Å². The summed E-state index contributed by atoms with van der Waals surface area (Å²) in [4.78, 5) is 63.5. The molecule has 48 heavy (non-hydrogen) atoms. The fourth-order valence-corrected chi connectivity index (χ4v) is 6.75. The molecular formula is C38H44N4O6. The molecule has 0 saturated carbocycles. The molecule has 0 spiro atoms. The number of benzene rings is 2. The summed E-state index contributed by atoms with van der Waals surface area (Å²) in [5.41, 5.74) is 3.51. The standard InChI is InChI=1S/C38H44N4O6/c1-37(2,3)47-35(45)41-23-29(21-32(41)43)27-17-18-30-31(20-27)40(34(44)26-15-13-24-10-7-8-11-25(24)14-16-26)22-28-12-9-19-39-33(28)42(30)36(46)48-38(4,5)6/h7-12,17-20,26,29H,13-16,21-23H2,1-6H3. The van der Waals surface area contributed by atoms with E-state index in [1.165, 1.54) is 16.0 Å². The molecule has 252 valence electrons. The van der Waals surface area contributed by atoms with Gasteiger partial charge >= 0.3 is 12.2 Å². The topological polar surface area (TPSA) is 109 Å². The van der Waals surface area contributed by atoms with Gasteiger partial charge in [0.05, 0.1) is 17.9 Å². The summed E-state index contributed by atoms with van der Waals surface area (Å²) in [5, 5.41) is 0. The number of aryl methyl sites for hydroxylation is 2. The molecule has 1 aromatic heterocycles. The Morgan fingerprint density at radius 1 is 0.771 bits per heavy atom. The lowest BCUT2D eigenvalue weighted by molar-refractivity contribution is -0.127. The van der Waals surface area contributed by atoms with Crippen LogP contribution in [0.1, 0.15) is 89.0 Å². The van der Waals surface area contributed by atoms with E-state index in [-0.39, 0.29) is 43.2 Å². The molecule has 1 atom stereocenters. The average molecular weight is 653 g/mol. The molecule has 1 unspecified atom stereocenters. The first-order chi connectivity index (χ1) is 22.7. The minimum atomic E-state index is -0.779. The molecule has 3 heterocycles. The number of hydrogen-bond acceptors (Lipinski definition) is 7. The van der Waals surface area contributed by atoms with Gasteiger partial charge in [-0.15, -0.1) is 0 Å². The van der Waals surface area contributed by atoms with Gasteiger partial charge in [-0.25, -0.2) is 24.4 Å². The molecule has 2 aromatic carbocycles. The van der Waals surface area contributed by atoms with Crippen LogP contribution in [0, 0.1) is 5.92 Å². The van der Waals surface area contributed by atoms with Crippen molar-refractivity contribution in [2.24, 2.45) is 5.92 Å². The van der Waals surface area contributed by atoms with Gasteiger partial charge < -0.3 is 14.4 Å². The third-order valence-corrected chi connectivity index (χ3v) is 8.98. The van der Waals surface area contributed by atoms with Crippen LogP contribution < -0.4 is 9.80 Å². The molecule has 0 bridgehead atoms. The lowest BCUT2D eigenvalue weighted by Gasteiger charge is -2.30. The fourth-order valence-electron chi connectivity index (χ4n) is 6.75. The van der Waals surface area contributed by atoms with E-state index in [0.29, 0.717) is 35.6 Å². The van der Waals surface area contributed by atoms with Gasteiger partial charge in [-0.1, -0.05) is 36.4 Å². The lowest BCUT2D eigenvalue weighted by atomic mass is 9.95. The van der Waals surface area contributed by atoms with Gasteiger partial charge in [0.15, 0.2) is 0 Å². The predicted molar refractivity (Wildman–Crippen MR) is 182 cm³/mol. The molecule has 10 nitrogen and oxygen atoms in total. The first-order valence-electron chi connectivity index (χ1n) is 16.7. The van der Waals surface area contributed by atoms with E-state index in [0.717, 1.165) is 23.3 Å². The van der Waals surface area contributed by atoms with Crippen LogP contribution in [0.2, 0.25) is 0 Å². The van der Waals surface area contributed by atoms with Crippen LogP contribution in [-0.2, 0) is 38.4 Å². The van der Waals surface area contributed by atoms with Gasteiger partial charge in [0.1, 0.15) is 17.0 Å². The summed E-state index contributed by atoms with van der Waals surface area (Å²) in [6.45, 7) is 11.1. The zero-order chi connectivity index (χ0) is 34.4. The van der Waals surface area contributed by atoms with Crippen molar-refractivity contribution in [3.63, 3.8) is 0 Å². The number of nitrogens with zero attached hydrogens (tertiary/aromatic N) is 4. The zero-order valence-electron chi connectivity index (χ0n) is 28.6. The number of fused-ring (bicyclic) bond motifs is 3. The molecule has 3 aliphatic rings. The Morgan fingerprint density at radius 3 is 2.04 bits per heavy atom. The van der Waals surface area contributed by atoms with Crippen molar-refractivity contribution < 1.29 is 28.7 Å². The zero-order valence-corrected chi connectivity index (χ0v) is 28.6. The monoisotopic (exact) mass is 652 g/mol. The van der Waals surface area contributed by atoms with Gasteiger partial charge in [0, 0.05) is 36.6 Å². The number of carbonyl (C=O) groups excluding carboxylic acids is 4. The maximum Gasteiger partial charge on any atom is 0.420 e. The first kappa shape index (κ1) is 33.2. The maximum atomic E-state index is 14.7. The fraction of sp³-hybridized carbons (Fsp3) is 0.447. The Balaban J connectivity index is 1.41. The highest BCUT2D eigenvalue weighted by Gasteiger charge is 2.40. The molecule has 2 aliphatic heterocycles. The van der Waals surface area contributed by atoms with Crippen LogP contribution in [0.4, 0.5) is 26.8 Å². The number of aromatic nitrogens is 1. The van der Waals surface area contributed by atoms with Crippen molar-refractivity contribution in [3.8, 4) is 0 Å². The van der Waals surface area contributed by atoms with Crippen molar-refractivity contribution in [1.82, 2.24) is 9.88 Å². The highest BCUT2D eigenvalue weighted by atomic mass is 16.6. The number of anilines is 3. The minimum absolute atomic E-state index is 0.0278. The van der Waals surface area contributed by atoms with Crippen molar-refractivity contribution >= 4 is 41.2 Å². The summed E-state index contributed by atoms with van der Waals surface area (Å²) < 4.78 is 11.4. The SMILES string of the molecule is CC(C)(C)OC(=O)N1CC(c2ccc3c(c2)N(C(=O)C2CCc4ccccc4CC2)Cc2cccnc2N3C(=O)OC(C)(C)C)CC1=O. The van der Waals surface area contributed by atoms with E-state index in [1.807, 2.05) is 30.3 Å². The predicted octanol–water partition coefficient (Wildman–Crippen LogP) is 7.45. The van der Waals surface area contributed by atoms with Crippen LogP contribution in [0.25, 0.3) is 0 Å². The summed E-state index contributed by atoms with van der Waals surface area (Å²) in [5.74, 6) is -0.505. The highest BCUT2D eigenvalue weighted by Crippen LogP contribution is 2.44. The molecule has 0 N–H and O–H groups in total. The second-order valence-corrected chi connectivity index (χ2v) is 14.9. The Labute approximate surface area is 282 Å². The number of rotatable bonds is 2. The Hall–Kier alpha value is -4.73. The summed E-state index contributed by atoms with van der Waals surface area (Å²) in [7, 11) is 0. The molecule has 1 saturated heterocycles. The Bertz CT molecular complexity index is 1730. The number of ether oxygens (including phenoxy) is 2. The summed E-state index contributed by atoms with van der Waals surface area (Å²) in [6, 6.07) is 17.6. The van der Waals surface area contributed by atoms with E-state index in [2.05, 4.69) is 17.1 Å². The minimum Gasteiger partial charge on any atom is -0.443 e. The van der Waals surface area contributed by atoms with Crippen molar-refractivity contribution in [3.05, 3.63) is 83.0 Å². The molecule has 1 aliphatic carbocycles. The quantitative estimate of drug-likeness (QED) is 0.265. The smallest absolute Gasteiger partial charge is 0.420 e. The van der Waals surface area contributed by atoms with Gasteiger partial charge in [-0.3, -0.25) is 9.59 Å². The number of carbonyl (C=O) groups is 4. The van der Waals surface area contributed by atoms with Crippen LogP contribution in [0.3, 0.4) is 0 Å². The molecular weight excluding hydrogens is 608 g/mol. The van der Waals surface area contributed by atoms with Crippen LogP contribution >= 0.6 is 0 Å². The Kier molecular flexibility index (Phi) is 8.78. The maximum absolute atomic E-state index is 14.7. The van der Waals surface area contributed by atoms with Gasteiger partial charge in [0.2, 0.25) is 11.8 Å². The average Bonchev–Trinajstić information content (AvgIpc) is 3.19. The molecule has 6 rings (SSSR count). The van der Waals surface area contributed by atoms with Gasteiger partial charge in [-0.2, -0.15) is 0 Å². The highest BCUT2D eigenvalue weighted by molar-refractivity contribution is 6.06. The van der Waals surface area contributed by atoms with Crippen molar-refractivity contribution in [2.75, 3.05) is 16.3 Å². The molecule has 4 amide bonds. The number of pyridine rings is 1. The normalized spacial score (nSPS) is 18.3. The number of amides is 4. The van der Waals surface area contributed by atoms with Gasteiger partial charge in [-0.05, 0) is 102 Å². The van der Waals surface area contributed by atoms with Crippen molar-refractivity contribution in [2.45, 2.75) is 97.3 Å². The van der Waals surface area contributed by atoms with Crippen LogP contribution in [0.15, 0.2) is 60.8 Å². The first-order valence-corrected chi connectivity index (χ1v) is 16.7. The van der Waals surface area contributed by atoms with Crippen molar-refractivity contribution in [1.29, 1.82) is 0 Å². The number of imide groups is 1. The summed E-state index contributed by atoms with van der Waals surface area (Å²) >= 11 is 0. The third-order valence-electron chi connectivity index (χ3n) is 8.98. The molecule has 1 fully saturated rings. The summed E-state index contributed by atoms with van der Waals surface area (Å²) in [6.07, 6.45) is 3.49. The van der Waals surface area contributed by atoms with E-state index in [4.69, 9.17) is 9.47 Å². The third kappa shape index (κ3) is 6.93. The van der Waals surface area contributed by atoms with Gasteiger partial charge in [0.25, 0.3) is 0 Å². The van der Waals surface area contributed by atoms with E-state index in [1.54, 1.807) is 64.8 Å². The lowest BCUT2D eigenvalue weighted by Crippen LogP contribution is -2.37. The van der Waals surface area contributed by atoms with E-state index < -0.39 is 23.4 Å². The van der Waals surface area contributed by atoms with E-state index >= 15 is 0 Å². The molecule has 3 aromatic rings. The Morgan fingerprint density at radius 2 is 1.40 bits per heavy atom.